The van der Waals surface area contributed by atoms with E-state index in [1.165, 1.54) is 32.1 Å². The van der Waals surface area contributed by atoms with E-state index in [1.54, 1.807) is 0 Å². The third-order valence-electron chi connectivity index (χ3n) is 4.37. The van der Waals surface area contributed by atoms with Crippen LogP contribution in [0, 0.1) is 5.92 Å². The second-order valence-electron chi connectivity index (χ2n) is 6.28. The molecule has 1 saturated carbocycles. The van der Waals surface area contributed by atoms with Crippen molar-refractivity contribution in [3.05, 3.63) is 0 Å². The summed E-state index contributed by atoms with van der Waals surface area (Å²) in [6.45, 7) is 5.19. The lowest BCUT2D eigenvalue weighted by molar-refractivity contribution is 0.283. The molecule has 1 fully saturated rings. The summed E-state index contributed by atoms with van der Waals surface area (Å²) in [7, 11) is -2.90. The van der Waals surface area contributed by atoms with Crippen LogP contribution in [0.25, 0.3) is 0 Å². The molecule has 0 aromatic carbocycles. The Kier molecular flexibility index (Phi) is 8.78. The highest BCUT2D eigenvalue weighted by molar-refractivity contribution is 7.91. The molecule has 0 spiro atoms. The zero-order valence-electron chi connectivity index (χ0n) is 13.4. The minimum atomic E-state index is -2.90. The first-order chi connectivity index (χ1) is 9.59. The topological polar surface area (TPSA) is 46.2 Å². The fourth-order valence-electron chi connectivity index (χ4n) is 3.16. The van der Waals surface area contributed by atoms with Crippen LogP contribution in [0.2, 0.25) is 0 Å². The summed E-state index contributed by atoms with van der Waals surface area (Å²) in [5, 5.41) is 3.51. The van der Waals surface area contributed by atoms with Gasteiger partial charge in [-0.25, -0.2) is 8.42 Å². The summed E-state index contributed by atoms with van der Waals surface area (Å²) in [6.07, 6.45) is 10.3. The van der Waals surface area contributed by atoms with E-state index in [0.717, 1.165) is 32.2 Å². The van der Waals surface area contributed by atoms with Gasteiger partial charge in [0.1, 0.15) is 0 Å². The molecular weight excluding hydrogens is 270 g/mol. The Morgan fingerprint density at radius 3 is 2.35 bits per heavy atom. The average molecular weight is 304 g/mol. The molecule has 4 heteroatoms. The molecule has 0 bridgehead atoms. The summed E-state index contributed by atoms with van der Waals surface area (Å²) in [4.78, 5) is 0. The predicted octanol–water partition coefficient (Wildman–Crippen LogP) is 3.54. The summed E-state index contributed by atoms with van der Waals surface area (Å²) < 4.78 is 24.6. The second kappa shape index (κ2) is 9.78. The van der Waals surface area contributed by atoms with Crippen molar-refractivity contribution < 1.29 is 8.42 Å². The van der Waals surface area contributed by atoms with E-state index in [-0.39, 0.29) is 6.04 Å². The molecule has 3 nitrogen and oxygen atoms in total. The Morgan fingerprint density at radius 2 is 1.75 bits per heavy atom. The smallest absolute Gasteiger partial charge is 0.151 e. The third kappa shape index (κ3) is 7.07. The van der Waals surface area contributed by atoms with Gasteiger partial charge in [0.05, 0.1) is 11.5 Å². The Hall–Kier alpha value is -0.0900. The average Bonchev–Trinajstić information content (AvgIpc) is 2.44. The van der Waals surface area contributed by atoms with E-state index >= 15 is 0 Å². The van der Waals surface area contributed by atoms with Crippen LogP contribution in [0.5, 0.6) is 0 Å². The van der Waals surface area contributed by atoms with Crippen LogP contribution in [0.3, 0.4) is 0 Å². The summed E-state index contributed by atoms with van der Waals surface area (Å²) in [6, 6.07) is 0.182. The van der Waals surface area contributed by atoms with Gasteiger partial charge in [0, 0.05) is 6.04 Å². The molecule has 1 N–H and O–H groups in total. The lowest BCUT2D eigenvalue weighted by atomic mass is 9.84. The number of sulfone groups is 1. The van der Waals surface area contributed by atoms with E-state index in [4.69, 9.17) is 0 Å². The van der Waals surface area contributed by atoms with Crippen LogP contribution in [0.1, 0.15) is 71.6 Å². The number of nitrogens with one attached hydrogen (secondary N) is 1. The van der Waals surface area contributed by atoms with Crippen LogP contribution < -0.4 is 5.32 Å². The molecular formula is C16H33NO2S. The first-order valence-electron chi connectivity index (χ1n) is 8.53. The normalized spacial score (nSPS) is 19.1. The second-order valence-corrected chi connectivity index (χ2v) is 8.51. The molecule has 1 aliphatic carbocycles. The molecule has 0 saturated heterocycles. The van der Waals surface area contributed by atoms with Gasteiger partial charge in [0.2, 0.25) is 0 Å². The van der Waals surface area contributed by atoms with Gasteiger partial charge in [-0.15, -0.1) is 0 Å². The van der Waals surface area contributed by atoms with Gasteiger partial charge in [-0.3, -0.25) is 0 Å². The molecule has 1 rings (SSSR count). The molecule has 120 valence electrons. The molecule has 20 heavy (non-hydrogen) atoms. The fraction of sp³-hybridized carbons (Fsp3) is 1.00. The van der Waals surface area contributed by atoms with Crippen molar-refractivity contribution in [3.63, 3.8) is 0 Å². The number of hydrogen-bond donors (Lipinski definition) is 1. The van der Waals surface area contributed by atoms with E-state index in [2.05, 4.69) is 19.2 Å². The number of unbranched alkanes of at least 4 members (excludes halogenated alkanes) is 2. The first-order valence-corrected chi connectivity index (χ1v) is 10.3. The van der Waals surface area contributed by atoms with Crippen LogP contribution in [0.15, 0.2) is 0 Å². The molecule has 0 aromatic rings. The highest BCUT2D eigenvalue weighted by Crippen LogP contribution is 2.27. The lowest BCUT2D eigenvalue weighted by Gasteiger charge is -2.31. The van der Waals surface area contributed by atoms with Gasteiger partial charge in [-0.05, 0) is 38.1 Å². The van der Waals surface area contributed by atoms with Crippen molar-refractivity contribution in [2.75, 3.05) is 18.1 Å². The fourth-order valence-corrected chi connectivity index (χ4v) is 4.90. The Morgan fingerprint density at radius 1 is 1.05 bits per heavy atom. The zero-order valence-corrected chi connectivity index (χ0v) is 14.2. The maximum atomic E-state index is 12.3. The van der Waals surface area contributed by atoms with Crippen molar-refractivity contribution in [1.82, 2.24) is 5.32 Å². The summed E-state index contributed by atoms with van der Waals surface area (Å²) >= 11 is 0. The third-order valence-corrected chi connectivity index (χ3v) is 6.15. The van der Waals surface area contributed by atoms with E-state index in [9.17, 15) is 8.42 Å². The van der Waals surface area contributed by atoms with Crippen molar-refractivity contribution in [2.45, 2.75) is 77.7 Å². The molecule has 0 aliphatic heterocycles. The monoisotopic (exact) mass is 303 g/mol. The molecule has 1 atom stereocenters. The maximum absolute atomic E-state index is 12.3. The summed E-state index contributed by atoms with van der Waals surface area (Å²) in [5.41, 5.74) is 0. The molecule has 1 unspecified atom stereocenters. The Labute approximate surface area is 125 Å². The van der Waals surface area contributed by atoms with Gasteiger partial charge >= 0.3 is 0 Å². The lowest BCUT2D eigenvalue weighted by Crippen LogP contribution is -2.43. The first kappa shape index (κ1) is 18.0. The summed E-state index contributed by atoms with van der Waals surface area (Å²) in [5.74, 6) is 1.29. The highest BCUT2D eigenvalue weighted by Gasteiger charge is 2.27. The minimum absolute atomic E-state index is 0.182. The van der Waals surface area contributed by atoms with Crippen molar-refractivity contribution >= 4 is 9.84 Å². The van der Waals surface area contributed by atoms with Gasteiger partial charge in [-0.2, -0.15) is 0 Å². The molecule has 0 heterocycles. The number of hydrogen-bond acceptors (Lipinski definition) is 3. The molecule has 0 radical (unpaired) electrons. The number of rotatable bonds is 10. The standard InChI is InChI=1S/C16H33NO2S/c1-3-5-9-13-20(18,19)14-16(17-12-4-2)15-10-7-6-8-11-15/h15-17H,3-14H2,1-2H3. The Bertz CT molecular complexity index is 334. The van der Waals surface area contributed by atoms with Crippen molar-refractivity contribution in [3.8, 4) is 0 Å². The molecule has 1 aliphatic rings. The van der Waals surface area contributed by atoms with Crippen LogP contribution in [-0.2, 0) is 9.84 Å². The molecule has 0 aromatic heterocycles. The van der Waals surface area contributed by atoms with E-state index < -0.39 is 9.84 Å². The van der Waals surface area contributed by atoms with Gasteiger partial charge in [0.25, 0.3) is 0 Å². The van der Waals surface area contributed by atoms with Gasteiger partial charge in [-0.1, -0.05) is 46.0 Å². The highest BCUT2D eigenvalue weighted by atomic mass is 32.2. The Balaban J connectivity index is 2.53. The van der Waals surface area contributed by atoms with Crippen LogP contribution >= 0.6 is 0 Å². The van der Waals surface area contributed by atoms with Gasteiger partial charge < -0.3 is 5.32 Å². The van der Waals surface area contributed by atoms with Crippen LogP contribution in [-0.4, -0.2) is 32.5 Å². The SMILES string of the molecule is CCCCCS(=O)(=O)CC(NCCC)C1CCCCC1. The zero-order chi connectivity index (χ0) is 14.8. The van der Waals surface area contributed by atoms with Crippen LogP contribution in [0.4, 0.5) is 0 Å². The van der Waals surface area contributed by atoms with Crippen molar-refractivity contribution in [2.24, 2.45) is 5.92 Å². The van der Waals surface area contributed by atoms with Gasteiger partial charge in [0.15, 0.2) is 9.84 Å². The maximum Gasteiger partial charge on any atom is 0.151 e. The van der Waals surface area contributed by atoms with E-state index in [0.29, 0.717) is 17.4 Å². The van der Waals surface area contributed by atoms with E-state index in [1.807, 2.05) is 0 Å². The molecule has 0 amide bonds. The quantitative estimate of drug-likeness (QED) is 0.628. The predicted molar refractivity (Wildman–Crippen MR) is 86.8 cm³/mol. The van der Waals surface area contributed by atoms with Crippen molar-refractivity contribution in [1.29, 1.82) is 0 Å². The minimum Gasteiger partial charge on any atom is -0.313 e. The largest absolute Gasteiger partial charge is 0.313 e.